The second-order valence-electron chi connectivity index (χ2n) is 5.55. The normalized spacial score (nSPS) is 14.0. The number of aryl methyl sites for hydroxylation is 3. The summed E-state index contributed by atoms with van der Waals surface area (Å²) in [4.78, 5) is 12.3. The van der Waals surface area contributed by atoms with Crippen molar-refractivity contribution in [2.75, 3.05) is 5.32 Å². The lowest BCUT2D eigenvalue weighted by Gasteiger charge is -2.16. The Labute approximate surface area is 126 Å². The van der Waals surface area contributed by atoms with Gasteiger partial charge in [-0.25, -0.2) is 8.78 Å². The van der Waals surface area contributed by atoms with Gasteiger partial charge in [0, 0.05) is 5.56 Å². The Kier molecular flexibility index (Phi) is 3.92. The molecule has 1 aliphatic rings. The van der Waals surface area contributed by atoms with Gasteiger partial charge in [0.15, 0.2) is 5.69 Å². The number of nitrogens with zero attached hydrogens (tertiary/aromatic N) is 1. The number of benzene rings is 1. The topological polar surface area (TPSA) is 57.8 Å². The monoisotopic (exact) mass is 305 g/mol. The lowest BCUT2D eigenvalue weighted by Crippen LogP contribution is -2.15. The molecule has 6 heteroatoms. The van der Waals surface area contributed by atoms with Crippen LogP contribution >= 0.6 is 0 Å². The van der Waals surface area contributed by atoms with Crippen LogP contribution in [0.1, 0.15) is 52.1 Å². The van der Waals surface area contributed by atoms with Gasteiger partial charge < -0.3 is 5.32 Å². The first-order chi connectivity index (χ1) is 10.6. The van der Waals surface area contributed by atoms with Gasteiger partial charge >= 0.3 is 0 Å². The summed E-state index contributed by atoms with van der Waals surface area (Å²) in [6, 6.07) is 5.57. The van der Waals surface area contributed by atoms with Crippen molar-refractivity contribution in [2.45, 2.75) is 39.0 Å². The van der Waals surface area contributed by atoms with Crippen LogP contribution in [0.5, 0.6) is 0 Å². The number of amides is 1. The van der Waals surface area contributed by atoms with Crippen LogP contribution in [0.2, 0.25) is 0 Å². The van der Waals surface area contributed by atoms with E-state index in [-0.39, 0.29) is 11.6 Å². The van der Waals surface area contributed by atoms with E-state index in [1.807, 2.05) is 12.1 Å². The van der Waals surface area contributed by atoms with Crippen LogP contribution in [0, 0.1) is 6.92 Å². The summed E-state index contributed by atoms with van der Waals surface area (Å²) >= 11 is 0. The number of aromatic amines is 1. The summed E-state index contributed by atoms with van der Waals surface area (Å²) in [5.41, 5.74) is 3.00. The highest BCUT2D eigenvalue weighted by molar-refractivity contribution is 6.05. The number of nitrogens with one attached hydrogen (secondary N) is 2. The van der Waals surface area contributed by atoms with E-state index < -0.39 is 12.1 Å². The molecular formula is C16H17F2N3O. The molecule has 2 N–H and O–H groups in total. The summed E-state index contributed by atoms with van der Waals surface area (Å²) < 4.78 is 25.8. The number of alkyl halides is 2. The predicted molar refractivity (Wildman–Crippen MR) is 79.3 cm³/mol. The molecule has 0 aliphatic heterocycles. The van der Waals surface area contributed by atoms with E-state index in [2.05, 4.69) is 15.5 Å². The van der Waals surface area contributed by atoms with E-state index in [0.29, 0.717) is 11.3 Å². The number of hydrogen-bond donors (Lipinski definition) is 2. The van der Waals surface area contributed by atoms with Gasteiger partial charge in [0.2, 0.25) is 0 Å². The minimum absolute atomic E-state index is 0.0673. The minimum Gasteiger partial charge on any atom is -0.319 e. The number of rotatable bonds is 3. The molecule has 22 heavy (non-hydrogen) atoms. The number of fused-ring (bicyclic) bond motifs is 1. The predicted octanol–water partition coefficient (Wildman–Crippen LogP) is 3.79. The van der Waals surface area contributed by atoms with Crippen molar-refractivity contribution in [2.24, 2.45) is 0 Å². The van der Waals surface area contributed by atoms with E-state index in [9.17, 15) is 13.6 Å². The van der Waals surface area contributed by atoms with Crippen LogP contribution < -0.4 is 5.32 Å². The lowest BCUT2D eigenvalue weighted by atomic mass is 9.90. The number of carbonyl (C=O) groups excluding carboxylic acids is 1. The van der Waals surface area contributed by atoms with Crippen LogP contribution in [-0.4, -0.2) is 16.1 Å². The van der Waals surface area contributed by atoms with E-state index in [0.717, 1.165) is 19.3 Å². The molecule has 0 saturated heterocycles. The summed E-state index contributed by atoms with van der Waals surface area (Å²) in [6.07, 6.45) is 1.56. The number of hydrogen-bond acceptors (Lipinski definition) is 2. The van der Waals surface area contributed by atoms with Gasteiger partial charge in [-0.2, -0.15) is 5.10 Å². The molecule has 4 nitrogen and oxygen atoms in total. The molecule has 0 bridgehead atoms. The van der Waals surface area contributed by atoms with Gasteiger partial charge in [-0.05, 0) is 55.9 Å². The van der Waals surface area contributed by atoms with Crippen LogP contribution in [0.4, 0.5) is 14.5 Å². The Morgan fingerprint density at radius 3 is 2.73 bits per heavy atom. The molecule has 116 valence electrons. The quantitative estimate of drug-likeness (QED) is 0.906. The Morgan fingerprint density at radius 2 is 2.00 bits per heavy atom. The molecule has 2 aromatic rings. The molecule has 1 heterocycles. The molecule has 0 atom stereocenters. The maximum atomic E-state index is 12.9. The van der Waals surface area contributed by atoms with Crippen molar-refractivity contribution in [3.8, 4) is 0 Å². The van der Waals surface area contributed by atoms with Gasteiger partial charge in [0.1, 0.15) is 0 Å². The average Bonchev–Trinajstić information content (AvgIpc) is 2.88. The summed E-state index contributed by atoms with van der Waals surface area (Å²) in [5.74, 6) is -0.389. The number of H-pyrrole nitrogens is 1. The van der Waals surface area contributed by atoms with E-state index in [4.69, 9.17) is 0 Å². The highest BCUT2D eigenvalue weighted by Crippen LogP contribution is 2.28. The molecular weight excluding hydrogens is 288 g/mol. The molecule has 1 aromatic heterocycles. The van der Waals surface area contributed by atoms with Crippen molar-refractivity contribution >= 4 is 11.6 Å². The molecule has 1 aliphatic carbocycles. The van der Waals surface area contributed by atoms with Crippen molar-refractivity contribution in [3.63, 3.8) is 0 Å². The minimum atomic E-state index is -2.73. The van der Waals surface area contributed by atoms with Gasteiger partial charge in [-0.15, -0.1) is 0 Å². The first kappa shape index (κ1) is 14.7. The van der Waals surface area contributed by atoms with E-state index >= 15 is 0 Å². The van der Waals surface area contributed by atoms with Crippen LogP contribution in [0.15, 0.2) is 18.2 Å². The van der Waals surface area contributed by atoms with Gasteiger partial charge in [0.05, 0.1) is 11.4 Å². The third-order valence-corrected chi connectivity index (χ3v) is 4.03. The maximum absolute atomic E-state index is 12.9. The van der Waals surface area contributed by atoms with Crippen LogP contribution in [0.3, 0.4) is 0 Å². The lowest BCUT2D eigenvalue weighted by molar-refractivity contribution is 0.102. The first-order valence-corrected chi connectivity index (χ1v) is 7.32. The van der Waals surface area contributed by atoms with Gasteiger partial charge in [-0.1, -0.05) is 6.07 Å². The van der Waals surface area contributed by atoms with Crippen LogP contribution in [-0.2, 0) is 12.8 Å². The Morgan fingerprint density at radius 1 is 1.27 bits per heavy atom. The summed E-state index contributed by atoms with van der Waals surface area (Å²) in [7, 11) is 0. The summed E-state index contributed by atoms with van der Waals surface area (Å²) in [5, 5.41) is 8.57. The molecule has 3 rings (SSSR count). The number of anilines is 1. The maximum Gasteiger partial charge on any atom is 0.284 e. The molecule has 1 amide bonds. The van der Waals surface area contributed by atoms with Gasteiger partial charge in [0.25, 0.3) is 12.3 Å². The fraction of sp³-hybridized carbons (Fsp3) is 0.375. The number of aromatic nitrogens is 2. The Bertz CT molecular complexity index is 709. The zero-order chi connectivity index (χ0) is 15.7. The van der Waals surface area contributed by atoms with E-state index in [1.54, 1.807) is 13.0 Å². The second kappa shape index (κ2) is 5.87. The molecule has 1 aromatic carbocycles. The Balaban J connectivity index is 1.85. The SMILES string of the molecule is Cc1[nH]nc(C(F)F)c1NC(=O)c1ccc2c(c1)CCCC2. The fourth-order valence-electron chi connectivity index (χ4n) is 2.82. The third kappa shape index (κ3) is 2.73. The molecule has 0 fully saturated rings. The average molecular weight is 305 g/mol. The molecule has 0 unspecified atom stereocenters. The third-order valence-electron chi connectivity index (χ3n) is 4.03. The number of carbonyl (C=O) groups is 1. The summed E-state index contributed by atoms with van der Waals surface area (Å²) in [6.45, 7) is 1.60. The number of halogens is 2. The molecule has 0 spiro atoms. The van der Waals surface area contributed by atoms with Crippen molar-refractivity contribution in [1.82, 2.24) is 10.2 Å². The zero-order valence-corrected chi connectivity index (χ0v) is 12.2. The second-order valence-corrected chi connectivity index (χ2v) is 5.55. The first-order valence-electron chi connectivity index (χ1n) is 7.32. The fourth-order valence-corrected chi connectivity index (χ4v) is 2.82. The van der Waals surface area contributed by atoms with Crippen molar-refractivity contribution in [1.29, 1.82) is 0 Å². The smallest absolute Gasteiger partial charge is 0.284 e. The largest absolute Gasteiger partial charge is 0.319 e. The standard InChI is InChI=1S/C16H17F2N3O/c1-9-13(14(15(17)18)21-20-9)19-16(22)12-7-6-10-4-2-3-5-11(10)8-12/h6-8,15H,2-5H2,1H3,(H,19,22)(H,20,21). The highest BCUT2D eigenvalue weighted by Gasteiger charge is 2.21. The van der Waals surface area contributed by atoms with Crippen molar-refractivity contribution < 1.29 is 13.6 Å². The highest BCUT2D eigenvalue weighted by atomic mass is 19.3. The zero-order valence-electron chi connectivity index (χ0n) is 12.2. The Hall–Kier alpha value is -2.24. The van der Waals surface area contributed by atoms with E-state index in [1.165, 1.54) is 17.5 Å². The van der Waals surface area contributed by atoms with Crippen molar-refractivity contribution in [3.05, 3.63) is 46.3 Å². The van der Waals surface area contributed by atoms with Crippen LogP contribution in [0.25, 0.3) is 0 Å². The molecule has 0 saturated carbocycles. The van der Waals surface area contributed by atoms with Gasteiger partial charge in [-0.3, -0.25) is 9.89 Å². The molecule has 0 radical (unpaired) electrons.